The molecule has 2 heteroatoms. The number of ether oxygens (including phenoxy) is 1. The van der Waals surface area contributed by atoms with Gasteiger partial charge >= 0.3 is 0 Å². The summed E-state index contributed by atoms with van der Waals surface area (Å²) in [6, 6.07) is 0. The van der Waals surface area contributed by atoms with Gasteiger partial charge in [-0.15, -0.1) is 0 Å². The molecule has 1 aliphatic rings. The van der Waals surface area contributed by atoms with Gasteiger partial charge in [-0.25, -0.2) is 0 Å². The Bertz CT molecular complexity index is 149. The Morgan fingerprint density at radius 2 is 1.67 bits per heavy atom. The van der Waals surface area contributed by atoms with Gasteiger partial charge in [0, 0.05) is 25.7 Å². The monoisotopic (exact) mass is 215 g/mol. The smallest absolute Gasteiger partial charge is 0.0595 e. The Balaban J connectivity index is 0.000000921. The number of hydrogen-bond acceptors (Lipinski definition) is 2. The van der Waals surface area contributed by atoms with E-state index in [9.17, 15) is 0 Å². The van der Waals surface area contributed by atoms with Gasteiger partial charge in [0.2, 0.25) is 0 Å². The fraction of sp³-hybridized carbons (Fsp3) is 1.00. The van der Waals surface area contributed by atoms with E-state index in [0.717, 1.165) is 0 Å². The van der Waals surface area contributed by atoms with Gasteiger partial charge in [-0.2, -0.15) is 0 Å². The maximum absolute atomic E-state index is 5.36. The predicted molar refractivity (Wildman–Crippen MR) is 67.3 cm³/mol. The maximum atomic E-state index is 5.36. The fourth-order valence-corrected chi connectivity index (χ4v) is 1.92. The first-order valence-corrected chi connectivity index (χ1v) is 6.38. The molecule has 0 amide bonds. The molecule has 0 unspecified atom stereocenters. The van der Waals surface area contributed by atoms with Gasteiger partial charge in [0.15, 0.2) is 0 Å². The van der Waals surface area contributed by atoms with Crippen LogP contribution in [-0.4, -0.2) is 36.7 Å². The van der Waals surface area contributed by atoms with Crippen molar-refractivity contribution < 1.29 is 4.74 Å². The number of nitrogens with zero attached hydrogens (tertiary/aromatic N) is 1. The van der Waals surface area contributed by atoms with E-state index in [1.165, 1.54) is 32.4 Å². The topological polar surface area (TPSA) is 12.5 Å². The first-order valence-electron chi connectivity index (χ1n) is 6.38. The Hall–Kier alpha value is -0.0800. The highest BCUT2D eigenvalue weighted by Gasteiger charge is 2.28. The summed E-state index contributed by atoms with van der Waals surface area (Å²) in [7, 11) is 1.82. The van der Waals surface area contributed by atoms with Crippen LogP contribution in [0.5, 0.6) is 0 Å². The minimum absolute atomic E-state index is 0.374. The summed E-state index contributed by atoms with van der Waals surface area (Å²) in [6.45, 7) is 13.3. The molecule has 1 heterocycles. The van der Waals surface area contributed by atoms with Gasteiger partial charge in [0.1, 0.15) is 0 Å². The van der Waals surface area contributed by atoms with Crippen molar-refractivity contribution in [2.45, 2.75) is 65.5 Å². The number of methoxy groups -OCH3 is 1. The van der Waals surface area contributed by atoms with Crippen molar-refractivity contribution in [1.29, 1.82) is 0 Å². The normalized spacial score (nSPS) is 19.6. The van der Waals surface area contributed by atoms with E-state index in [1.54, 1.807) is 0 Å². The molecule has 1 rings (SSSR count). The van der Waals surface area contributed by atoms with Crippen molar-refractivity contribution in [3.63, 3.8) is 0 Å². The number of piperidine rings is 1. The van der Waals surface area contributed by atoms with Gasteiger partial charge in [-0.1, -0.05) is 20.8 Å². The van der Waals surface area contributed by atoms with E-state index in [-0.39, 0.29) is 0 Å². The molecule has 1 fully saturated rings. The molecule has 92 valence electrons. The fourth-order valence-electron chi connectivity index (χ4n) is 1.92. The molecule has 0 aliphatic carbocycles. The Morgan fingerprint density at radius 3 is 2.00 bits per heavy atom. The minimum Gasteiger partial charge on any atom is -0.381 e. The molecule has 0 spiro atoms. The molecule has 0 atom stereocenters. The third kappa shape index (κ3) is 4.52. The van der Waals surface area contributed by atoms with E-state index in [2.05, 4.69) is 25.7 Å². The molecule has 0 N–H and O–H groups in total. The van der Waals surface area contributed by atoms with Crippen LogP contribution in [0.15, 0.2) is 0 Å². The van der Waals surface area contributed by atoms with Gasteiger partial charge < -0.3 is 4.74 Å². The summed E-state index contributed by atoms with van der Waals surface area (Å²) in [6.07, 6.45) is 4.12. The van der Waals surface area contributed by atoms with E-state index >= 15 is 0 Å². The van der Waals surface area contributed by atoms with E-state index in [0.29, 0.717) is 11.6 Å². The Labute approximate surface area is 96.0 Å². The molecule has 0 radical (unpaired) electrons. The van der Waals surface area contributed by atoms with Gasteiger partial charge in [0.05, 0.1) is 6.10 Å². The Kier molecular flexibility index (Phi) is 7.20. The highest BCUT2D eigenvalue weighted by molar-refractivity contribution is 4.84. The summed E-state index contributed by atoms with van der Waals surface area (Å²) >= 11 is 0. The molecular formula is C13H29NO. The summed E-state index contributed by atoms with van der Waals surface area (Å²) < 4.78 is 5.36. The standard InChI is InChI=1S/C11H23NO.C2H6/c1-5-11(2,3)12-8-6-10(13-4)7-9-12;1-2/h10H,5-9H2,1-4H3;1-2H3. The second kappa shape index (κ2) is 7.24. The molecule has 2 nitrogen and oxygen atoms in total. The van der Waals surface area contributed by atoms with Crippen molar-refractivity contribution in [3.8, 4) is 0 Å². The van der Waals surface area contributed by atoms with Crippen molar-refractivity contribution >= 4 is 0 Å². The minimum atomic E-state index is 0.374. The lowest BCUT2D eigenvalue weighted by atomic mass is 9.95. The average molecular weight is 215 g/mol. The van der Waals surface area contributed by atoms with E-state index in [1.807, 2.05) is 21.0 Å². The van der Waals surface area contributed by atoms with E-state index in [4.69, 9.17) is 4.74 Å². The lowest BCUT2D eigenvalue weighted by Gasteiger charge is -2.42. The van der Waals surface area contributed by atoms with Crippen LogP contribution in [0.4, 0.5) is 0 Å². The van der Waals surface area contributed by atoms with Crippen LogP contribution < -0.4 is 0 Å². The van der Waals surface area contributed by atoms with Gasteiger partial charge in [0.25, 0.3) is 0 Å². The second-order valence-electron chi connectivity index (χ2n) is 4.59. The quantitative estimate of drug-likeness (QED) is 0.716. The summed E-state index contributed by atoms with van der Waals surface area (Å²) in [5.74, 6) is 0. The lowest BCUT2D eigenvalue weighted by Crippen LogP contribution is -2.48. The van der Waals surface area contributed by atoms with Crippen LogP contribution in [-0.2, 0) is 4.74 Å². The molecule has 0 aromatic carbocycles. The lowest BCUT2D eigenvalue weighted by molar-refractivity contribution is 0.00542. The first-order chi connectivity index (χ1) is 7.10. The van der Waals surface area contributed by atoms with Crippen molar-refractivity contribution in [1.82, 2.24) is 4.90 Å². The maximum Gasteiger partial charge on any atom is 0.0595 e. The summed E-state index contributed by atoms with van der Waals surface area (Å²) in [5.41, 5.74) is 0.374. The van der Waals surface area contributed by atoms with Crippen molar-refractivity contribution in [2.75, 3.05) is 20.2 Å². The van der Waals surface area contributed by atoms with Crippen LogP contribution in [0.1, 0.15) is 53.9 Å². The average Bonchev–Trinajstić information content (AvgIpc) is 2.32. The summed E-state index contributed by atoms with van der Waals surface area (Å²) in [4.78, 5) is 2.59. The zero-order valence-corrected chi connectivity index (χ0v) is 11.5. The molecule has 0 aromatic heterocycles. The largest absolute Gasteiger partial charge is 0.381 e. The SMILES string of the molecule is CC.CCC(C)(C)N1CCC(OC)CC1. The van der Waals surface area contributed by atoms with Crippen LogP contribution in [0.25, 0.3) is 0 Å². The zero-order chi connectivity index (χ0) is 11.9. The van der Waals surface area contributed by atoms with Crippen LogP contribution in [0.2, 0.25) is 0 Å². The van der Waals surface area contributed by atoms with Gasteiger partial charge in [-0.3, -0.25) is 4.90 Å². The highest BCUT2D eigenvalue weighted by Crippen LogP contribution is 2.24. The number of likely N-dealkylation sites (tertiary alicyclic amines) is 1. The number of hydrogen-bond donors (Lipinski definition) is 0. The Morgan fingerprint density at radius 1 is 1.20 bits per heavy atom. The molecule has 1 aliphatic heterocycles. The van der Waals surface area contributed by atoms with E-state index < -0.39 is 0 Å². The van der Waals surface area contributed by atoms with Crippen molar-refractivity contribution in [3.05, 3.63) is 0 Å². The van der Waals surface area contributed by atoms with Crippen LogP contribution in [0.3, 0.4) is 0 Å². The zero-order valence-electron chi connectivity index (χ0n) is 11.5. The number of rotatable bonds is 3. The molecule has 0 aromatic rings. The molecule has 0 bridgehead atoms. The highest BCUT2D eigenvalue weighted by atomic mass is 16.5. The summed E-state index contributed by atoms with van der Waals surface area (Å²) in [5, 5.41) is 0. The molecule has 15 heavy (non-hydrogen) atoms. The molecular weight excluding hydrogens is 186 g/mol. The molecule has 0 saturated carbocycles. The van der Waals surface area contributed by atoms with Crippen molar-refractivity contribution in [2.24, 2.45) is 0 Å². The third-order valence-corrected chi connectivity index (χ3v) is 3.50. The van der Waals surface area contributed by atoms with Crippen LogP contribution in [0, 0.1) is 0 Å². The second-order valence-corrected chi connectivity index (χ2v) is 4.59. The van der Waals surface area contributed by atoms with Crippen LogP contribution >= 0.6 is 0 Å². The predicted octanol–water partition coefficient (Wildman–Crippen LogP) is 3.31. The van der Waals surface area contributed by atoms with Gasteiger partial charge in [-0.05, 0) is 33.1 Å². The first kappa shape index (κ1) is 14.9. The third-order valence-electron chi connectivity index (χ3n) is 3.50. The molecule has 1 saturated heterocycles.